The Morgan fingerprint density at radius 1 is 1.23 bits per heavy atom. The van der Waals surface area contributed by atoms with E-state index in [-0.39, 0.29) is 13.0 Å². The highest BCUT2D eigenvalue weighted by Gasteiger charge is 2.44. The Morgan fingerprint density at radius 2 is 1.97 bits per heavy atom. The zero-order valence-corrected chi connectivity index (χ0v) is 15.7. The van der Waals surface area contributed by atoms with Crippen molar-refractivity contribution in [3.63, 3.8) is 0 Å². The van der Waals surface area contributed by atoms with Crippen molar-refractivity contribution >= 4 is 28.2 Å². The summed E-state index contributed by atoms with van der Waals surface area (Å²) in [7, 11) is 0. The molecule has 1 saturated heterocycles. The third-order valence-electron chi connectivity index (χ3n) is 5.06. The molecule has 1 aliphatic heterocycles. The number of anilines is 2. The van der Waals surface area contributed by atoms with Gasteiger partial charge in [0.1, 0.15) is 0 Å². The SMILES string of the molecule is Nc1ccc2[nH]nc(-c3ccc(N4CCC(O)CC4OC(=O)C(F)(F)F)cc3)c2c1. The fraction of sp³-hybridized carbons (Fsp3) is 0.300. The zero-order valence-electron chi connectivity index (χ0n) is 15.7. The predicted molar refractivity (Wildman–Crippen MR) is 104 cm³/mol. The van der Waals surface area contributed by atoms with Crippen molar-refractivity contribution in [1.82, 2.24) is 10.2 Å². The molecule has 2 atom stereocenters. The summed E-state index contributed by atoms with van der Waals surface area (Å²) < 4.78 is 42.5. The number of carbonyl (C=O) groups excluding carboxylic acids is 1. The maximum absolute atomic E-state index is 12.6. The molecule has 0 saturated carbocycles. The number of benzene rings is 2. The number of piperidine rings is 1. The molecule has 0 bridgehead atoms. The van der Waals surface area contributed by atoms with Gasteiger partial charge in [0, 0.05) is 35.3 Å². The third-order valence-corrected chi connectivity index (χ3v) is 5.06. The smallest absolute Gasteiger partial charge is 0.435 e. The second kappa shape index (κ2) is 7.52. The maximum Gasteiger partial charge on any atom is 0.491 e. The third kappa shape index (κ3) is 3.90. The van der Waals surface area contributed by atoms with Gasteiger partial charge in [0.2, 0.25) is 0 Å². The molecule has 4 rings (SSSR count). The van der Waals surface area contributed by atoms with Gasteiger partial charge in [-0.3, -0.25) is 5.10 Å². The van der Waals surface area contributed by atoms with Crippen molar-refractivity contribution in [2.24, 2.45) is 0 Å². The van der Waals surface area contributed by atoms with Gasteiger partial charge in [0.05, 0.1) is 17.3 Å². The number of carbonyl (C=O) groups is 1. The Kier molecular flexibility index (Phi) is 5.02. The number of nitrogens with zero attached hydrogens (tertiary/aromatic N) is 2. The first-order valence-corrected chi connectivity index (χ1v) is 9.29. The number of aliphatic hydroxyl groups excluding tert-OH is 1. The van der Waals surface area contributed by atoms with Gasteiger partial charge in [-0.1, -0.05) is 12.1 Å². The number of hydrogen-bond acceptors (Lipinski definition) is 6. The number of rotatable bonds is 3. The average molecular weight is 420 g/mol. The molecule has 158 valence electrons. The summed E-state index contributed by atoms with van der Waals surface area (Å²) in [5.41, 5.74) is 9.34. The Balaban J connectivity index is 1.60. The molecule has 7 nitrogen and oxygen atoms in total. The number of nitrogens with one attached hydrogen (secondary N) is 1. The Hall–Kier alpha value is -3.27. The van der Waals surface area contributed by atoms with Crippen LogP contribution >= 0.6 is 0 Å². The van der Waals surface area contributed by atoms with E-state index in [4.69, 9.17) is 5.73 Å². The van der Waals surface area contributed by atoms with Crippen LogP contribution in [-0.2, 0) is 9.53 Å². The first-order valence-electron chi connectivity index (χ1n) is 9.29. The molecule has 3 aromatic rings. The molecule has 2 heterocycles. The molecule has 10 heteroatoms. The van der Waals surface area contributed by atoms with Gasteiger partial charge in [-0.05, 0) is 36.8 Å². The van der Waals surface area contributed by atoms with Crippen molar-refractivity contribution < 1.29 is 27.8 Å². The molecule has 2 unspecified atom stereocenters. The highest BCUT2D eigenvalue weighted by Crippen LogP contribution is 2.32. The van der Waals surface area contributed by atoms with Crippen molar-refractivity contribution in [2.75, 3.05) is 17.2 Å². The molecule has 0 radical (unpaired) electrons. The number of fused-ring (bicyclic) bond motifs is 1. The Labute approximate surface area is 169 Å². The highest BCUT2D eigenvalue weighted by atomic mass is 19.4. The summed E-state index contributed by atoms with van der Waals surface area (Å²) in [4.78, 5) is 12.8. The summed E-state index contributed by atoms with van der Waals surface area (Å²) in [6, 6.07) is 12.4. The summed E-state index contributed by atoms with van der Waals surface area (Å²) in [5.74, 6) is -2.27. The van der Waals surface area contributed by atoms with Crippen LogP contribution in [0.1, 0.15) is 12.8 Å². The van der Waals surface area contributed by atoms with Gasteiger partial charge in [-0.25, -0.2) is 4.79 Å². The molecule has 30 heavy (non-hydrogen) atoms. The standard InChI is InChI=1S/C20H19F3N4O3/c21-20(22,23)19(29)30-17-10-14(28)7-8-27(17)13-4-1-11(2-5-13)18-15-9-12(24)3-6-16(15)25-26-18/h1-6,9,14,17,28H,7-8,10,24H2,(H,25,26). The fourth-order valence-electron chi connectivity index (χ4n) is 3.57. The van der Waals surface area contributed by atoms with Crippen molar-refractivity contribution in [3.05, 3.63) is 42.5 Å². The normalized spacial score (nSPS) is 19.8. The molecule has 0 amide bonds. The van der Waals surface area contributed by atoms with E-state index in [1.165, 1.54) is 0 Å². The highest BCUT2D eigenvalue weighted by molar-refractivity contribution is 5.94. The van der Waals surface area contributed by atoms with Crippen LogP contribution in [0.3, 0.4) is 0 Å². The lowest BCUT2D eigenvalue weighted by atomic mass is 10.0. The van der Waals surface area contributed by atoms with Gasteiger partial charge in [-0.15, -0.1) is 0 Å². The quantitative estimate of drug-likeness (QED) is 0.444. The second-order valence-corrected chi connectivity index (χ2v) is 7.15. The fourth-order valence-corrected chi connectivity index (χ4v) is 3.57. The van der Waals surface area contributed by atoms with E-state index < -0.39 is 24.5 Å². The Bertz CT molecular complexity index is 1070. The lowest BCUT2D eigenvalue weighted by molar-refractivity contribution is -0.206. The average Bonchev–Trinajstić information content (AvgIpc) is 3.10. The summed E-state index contributed by atoms with van der Waals surface area (Å²) >= 11 is 0. The molecule has 1 aliphatic rings. The number of aromatic amines is 1. The van der Waals surface area contributed by atoms with E-state index >= 15 is 0 Å². The van der Waals surface area contributed by atoms with Gasteiger partial charge < -0.3 is 20.5 Å². The van der Waals surface area contributed by atoms with Crippen molar-refractivity contribution in [2.45, 2.75) is 31.3 Å². The molecule has 0 spiro atoms. The van der Waals surface area contributed by atoms with E-state index in [1.807, 2.05) is 6.07 Å². The first-order chi connectivity index (χ1) is 14.2. The lowest BCUT2D eigenvalue weighted by Crippen LogP contribution is -2.48. The molecule has 1 fully saturated rings. The number of nitrogens with two attached hydrogens (primary N) is 1. The minimum absolute atomic E-state index is 0.104. The molecule has 2 aromatic carbocycles. The van der Waals surface area contributed by atoms with Crippen LogP contribution in [0.15, 0.2) is 42.5 Å². The van der Waals surface area contributed by atoms with E-state index in [9.17, 15) is 23.1 Å². The topological polar surface area (TPSA) is 104 Å². The molecule has 4 N–H and O–H groups in total. The van der Waals surface area contributed by atoms with Crippen molar-refractivity contribution in [1.29, 1.82) is 0 Å². The van der Waals surface area contributed by atoms with Gasteiger partial charge >= 0.3 is 12.1 Å². The summed E-state index contributed by atoms with van der Waals surface area (Å²) in [5, 5.41) is 17.9. The number of H-pyrrole nitrogens is 1. The second-order valence-electron chi connectivity index (χ2n) is 7.15. The van der Waals surface area contributed by atoms with Gasteiger partial charge in [0.15, 0.2) is 6.23 Å². The molecular formula is C20H19F3N4O3. The van der Waals surface area contributed by atoms with E-state index in [0.29, 0.717) is 23.5 Å². The maximum atomic E-state index is 12.6. The van der Waals surface area contributed by atoms with Crippen LogP contribution in [0.2, 0.25) is 0 Å². The van der Waals surface area contributed by atoms with Crippen LogP contribution in [0.5, 0.6) is 0 Å². The van der Waals surface area contributed by atoms with E-state index in [2.05, 4.69) is 14.9 Å². The Morgan fingerprint density at radius 3 is 2.67 bits per heavy atom. The largest absolute Gasteiger partial charge is 0.491 e. The van der Waals surface area contributed by atoms with Gasteiger partial charge in [0.25, 0.3) is 0 Å². The van der Waals surface area contributed by atoms with Crippen molar-refractivity contribution in [3.8, 4) is 11.3 Å². The van der Waals surface area contributed by atoms with E-state index in [1.54, 1.807) is 41.3 Å². The number of halogens is 3. The van der Waals surface area contributed by atoms with E-state index in [0.717, 1.165) is 16.5 Å². The van der Waals surface area contributed by atoms with Crippen LogP contribution < -0.4 is 10.6 Å². The monoisotopic (exact) mass is 420 g/mol. The van der Waals surface area contributed by atoms with Crippen LogP contribution in [-0.4, -0.2) is 46.3 Å². The van der Waals surface area contributed by atoms with Gasteiger partial charge in [-0.2, -0.15) is 18.3 Å². The number of aliphatic hydroxyl groups is 1. The number of alkyl halides is 3. The first kappa shape index (κ1) is 20.0. The number of esters is 1. The summed E-state index contributed by atoms with van der Waals surface area (Å²) in [6.45, 7) is 0.248. The number of hydrogen-bond donors (Lipinski definition) is 3. The molecule has 0 aliphatic carbocycles. The number of nitrogen functional groups attached to an aromatic ring is 1. The predicted octanol–water partition coefficient (Wildman–Crippen LogP) is 3.20. The minimum atomic E-state index is -5.10. The lowest BCUT2D eigenvalue weighted by Gasteiger charge is -2.38. The minimum Gasteiger partial charge on any atom is -0.435 e. The molecule has 1 aromatic heterocycles. The summed E-state index contributed by atoms with van der Waals surface area (Å²) in [6.07, 6.45) is -6.90. The zero-order chi connectivity index (χ0) is 21.5. The molecular weight excluding hydrogens is 401 g/mol. The van der Waals surface area contributed by atoms with Crippen LogP contribution in [0.25, 0.3) is 22.2 Å². The number of aromatic nitrogens is 2. The van der Waals surface area contributed by atoms with Crippen LogP contribution in [0, 0.1) is 0 Å². The number of ether oxygens (including phenoxy) is 1. The van der Waals surface area contributed by atoms with Crippen LogP contribution in [0.4, 0.5) is 24.5 Å².